The normalized spacial score (nSPS) is 10.2. The molecule has 0 aliphatic carbocycles. The lowest BCUT2D eigenvalue weighted by molar-refractivity contribution is 0.468. The van der Waals surface area contributed by atoms with E-state index in [4.69, 9.17) is 11.6 Å². The number of halogens is 1. The number of aromatic nitrogens is 1. The third kappa shape index (κ3) is 2.88. The summed E-state index contributed by atoms with van der Waals surface area (Å²) in [5.41, 5.74) is 1.89. The first-order valence-corrected chi connectivity index (χ1v) is 5.63. The third-order valence-electron chi connectivity index (χ3n) is 2.56. The molecule has 0 saturated heterocycles. The van der Waals surface area contributed by atoms with Gasteiger partial charge in [-0.3, -0.25) is 4.98 Å². The quantitative estimate of drug-likeness (QED) is 0.907. The summed E-state index contributed by atoms with van der Waals surface area (Å²) in [4.78, 5) is 6.00. The van der Waals surface area contributed by atoms with Crippen LogP contribution in [-0.4, -0.2) is 17.1 Å². The second-order valence-corrected chi connectivity index (χ2v) is 4.27. The predicted molar refractivity (Wildman–Crippen MR) is 69.5 cm³/mol. The van der Waals surface area contributed by atoms with Gasteiger partial charge < -0.3 is 10.0 Å². The number of hydrogen-bond donors (Lipinski definition) is 1. The molecule has 0 amide bonds. The second-order valence-electron chi connectivity index (χ2n) is 3.83. The molecule has 4 heteroatoms. The summed E-state index contributed by atoms with van der Waals surface area (Å²) in [6, 6.07) is 9.00. The van der Waals surface area contributed by atoms with Crippen molar-refractivity contribution in [3.63, 3.8) is 0 Å². The Morgan fingerprint density at radius 1 is 1.24 bits per heavy atom. The molecule has 17 heavy (non-hydrogen) atoms. The van der Waals surface area contributed by atoms with Gasteiger partial charge in [0.25, 0.3) is 0 Å². The molecule has 0 bridgehead atoms. The molecule has 1 N–H and O–H groups in total. The summed E-state index contributed by atoms with van der Waals surface area (Å²) in [7, 11) is 1.96. The number of phenolic OH excluding ortho intramolecular Hbond substituents is 1. The fourth-order valence-electron chi connectivity index (χ4n) is 1.62. The molecule has 0 radical (unpaired) electrons. The summed E-state index contributed by atoms with van der Waals surface area (Å²) in [5, 5.41) is 10.3. The Labute approximate surface area is 105 Å². The molecule has 0 fully saturated rings. The predicted octanol–water partition coefficient (Wildman–Crippen LogP) is 3.08. The Bertz CT molecular complexity index is 502. The zero-order valence-electron chi connectivity index (χ0n) is 9.47. The zero-order valence-corrected chi connectivity index (χ0v) is 10.2. The van der Waals surface area contributed by atoms with E-state index in [1.165, 1.54) is 0 Å². The van der Waals surface area contributed by atoms with E-state index in [9.17, 15) is 5.11 Å². The first kappa shape index (κ1) is 11.7. The number of pyridine rings is 1. The standard InChI is InChI=1S/C13H13ClN2O/c1-16(12-4-6-15-7-5-12)9-10-2-3-11(14)8-13(10)17/h2-8,17H,9H2,1H3. The highest BCUT2D eigenvalue weighted by atomic mass is 35.5. The number of anilines is 1. The van der Waals surface area contributed by atoms with E-state index in [0.717, 1.165) is 11.3 Å². The van der Waals surface area contributed by atoms with Gasteiger partial charge in [-0.05, 0) is 24.3 Å². The van der Waals surface area contributed by atoms with E-state index in [1.54, 1.807) is 24.5 Å². The van der Waals surface area contributed by atoms with Gasteiger partial charge >= 0.3 is 0 Å². The topological polar surface area (TPSA) is 36.4 Å². The van der Waals surface area contributed by atoms with E-state index in [0.29, 0.717) is 11.6 Å². The number of benzene rings is 1. The fraction of sp³-hybridized carbons (Fsp3) is 0.154. The van der Waals surface area contributed by atoms with Crippen LogP contribution in [0, 0.1) is 0 Å². The van der Waals surface area contributed by atoms with Crippen LogP contribution < -0.4 is 4.90 Å². The lowest BCUT2D eigenvalue weighted by Gasteiger charge is -2.19. The van der Waals surface area contributed by atoms with Crippen LogP contribution >= 0.6 is 11.6 Å². The van der Waals surface area contributed by atoms with Gasteiger partial charge in [-0.25, -0.2) is 0 Å². The van der Waals surface area contributed by atoms with Crippen LogP contribution in [0.1, 0.15) is 5.56 Å². The maximum Gasteiger partial charge on any atom is 0.122 e. The van der Waals surface area contributed by atoms with Crippen LogP contribution in [0.2, 0.25) is 5.02 Å². The molecule has 0 atom stereocenters. The van der Waals surface area contributed by atoms with Crippen molar-refractivity contribution in [1.29, 1.82) is 0 Å². The third-order valence-corrected chi connectivity index (χ3v) is 2.79. The minimum absolute atomic E-state index is 0.221. The molecule has 0 unspecified atom stereocenters. The first-order valence-electron chi connectivity index (χ1n) is 5.25. The second kappa shape index (κ2) is 5.06. The maximum absolute atomic E-state index is 9.76. The van der Waals surface area contributed by atoms with E-state index in [-0.39, 0.29) is 5.75 Å². The Morgan fingerprint density at radius 2 is 1.94 bits per heavy atom. The van der Waals surface area contributed by atoms with Gasteiger partial charge in [0.15, 0.2) is 0 Å². The number of nitrogens with zero attached hydrogens (tertiary/aromatic N) is 2. The minimum atomic E-state index is 0.221. The van der Waals surface area contributed by atoms with E-state index in [1.807, 2.05) is 30.1 Å². The van der Waals surface area contributed by atoms with Crippen molar-refractivity contribution < 1.29 is 5.11 Å². The molecule has 3 nitrogen and oxygen atoms in total. The first-order chi connectivity index (χ1) is 8.16. The van der Waals surface area contributed by atoms with Crippen molar-refractivity contribution in [2.45, 2.75) is 6.54 Å². The Balaban J connectivity index is 2.16. The number of hydrogen-bond acceptors (Lipinski definition) is 3. The molecule has 1 aromatic heterocycles. The van der Waals surface area contributed by atoms with Gasteiger partial charge in [0.05, 0.1) is 0 Å². The number of phenols is 1. The summed E-state index contributed by atoms with van der Waals surface area (Å²) >= 11 is 5.79. The molecule has 1 aromatic carbocycles. The maximum atomic E-state index is 9.76. The van der Waals surface area contributed by atoms with E-state index in [2.05, 4.69) is 4.98 Å². The van der Waals surface area contributed by atoms with Gasteiger partial charge in [0, 0.05) is 42.3 Å². The van der Waals surface area contributed by atoms with E-state index >= 15 is 0 Å². The summed E-state index contributed by atoms with van der Waals surface area (Å²) in [6.45, 7) is 0.618. The van der Waals surface area contributed by atoms with Crippen LogP contribution in [0.4, 0.5) is 5.69 Å². The van der Waals surface area contributed by atoms with Crippen molar-refractivity contribution in [3.8, 4) is 5.75 Å². The van der Waals surface area contributed by atoms with Gasteiger partial charge in [-0.15, -0.1) is 0 Å². The molecule has 88 valence electrons. The van der Waals surface area contributed by atoms with Gasteiger partial charge in [-0.2, -0.15) is 0 Å². The monoisotopic (exact) mass is 248 g/mol. The van der Waals surface area contributed by atoms with Gasteiger partial charge in [0.2, 0.25) is 0 Å². The lowest BCUT2D eigenvalue weighted by Crippen LogP contribution is -2.16. The van der Waals surface area contributed by atoms with Crippen molar-refractivity contribution in [1.82, 2.24) is 4.98 Å². The Kier molecular flexibility index (Phi) is 3.49. The number of aromatic hydroxyl groups is 1. The Morgan fingerprint density at radius 3 is 2.59 bits per heavy atom. The minimum Gasteiger partial charge on any atom is -0.508 e. The highest BCUT2D eigenvalue weighted by molar-refractivity contribution is 6.30. The van der Waals surface area contributed by atoms with Gasteiger partial charge in [-0.1, -0.05) is 17.7 Å². The zero-order chi connectivity index (χ0) is 12.3. The average molecular weight is 249 g/mol. The summed E-state index contributed by atoms with van der Waals surface area (Å²) in [6.07, 6.45) is 3.49. The SMILES string of the molecule is CN(Cc1ccc(Cl)cc1O)c1ccncc1. The summed E-state index contributed by atoms with van der Waals surface area (Å²) < 4.78 is 0. The smallest absolute Gasteiger partial charge is 0.122 e. The molecular formula is C13H13ClN2O. The van der Waals surface area contributed by atoms with Crippen LogP contribution in [0.3, 0.4) is 0 Å². The fourth-order valence-corrected chi connectivity index (χ4v) is 1.78. The molecular weight excluding hydrogens is 236 g/mol. The Hall–Kier alpha value is -1.74. The molecule has 1 heterocycles. The van der Waals surface area contributed by atoms with Crippen LogP contribution in [-0.2, 0) is 6.54 Å². The molecule has 0 aliphatic heterocycles. The van der Waals surface area contributed by atoms with Crippen molar-refractivity contribution in [2.24, 2.45) is 0 Å². The summed E-state index contributed by atoms with van der Waals surface area (Å²) in [5.74, 6) is 0.221. The van der Waals surface area contributed by atoms with Crippen LogP contribution in [0.25, 0.3) is 0 Å². The van der Waals surface area contributed by atoms with Crippen LogP contribution in [0.5, 0.6) is 5.75 Å². The average Bonchev–Trinajstić information content (AvgIpc) is 2.34. The van der Waals surface area contributed by atoms with Crippen molar-refractivity contribution >= 4 is 17.3 Å². The van der Waals surface area contributed by atoms with Crippen molar-refractivity contribution in [3.05, 3.63) is 53.3 Å². The molecule has 2 aromatic rings. The molecule has 0 saturated carbocycles. The van der Waals surface area contributed by atoms with E-state index < -0.39 is 0 Å². The highest BCUT2D eigenvalue weighted by Crippen LogP contribution is 2.24. The lowest BCUT2D eigenvalue weighted by atomic mass is 10.2. The molecule has 0 spiro atoms. The molecule has 2 rings (SSSR count). The molecule has 0 aliphatic rings. The highest BCUT2D eigenvalue weighted by Gasteiger charge is 2.06. The number of rotatable bonds is 3. The van der Waals surface area contributed by atoms with Crippen molar-refractivity contribution in [2.75, 3.05) is 11.9 Å². The van der Waals surface area contributed by atoms with Crippen LogP contribution in [0.15, 0.2) is 42.7 Å². The largest absolute Gasteiger partial charge is 0.508 e. The van der Waals surface area contributed by atoms with Gasteiger partial charge in [0.1, 0.15) is 5.75 Å².